The number of nitro groups is 1. The van der Waals surface area contributed by atoms with Gasteiger partial charge in [-0.1, -0.05) is 24.0 Å². The maximum absolute atomic E-state index is 10.8. The van der Waals surface area contributed by atoms with Gasteiger partial charge in [-0.25, -0.2) is 0 Å². The summed E-state index contributed by atoms with van der Waals surface area (Å²) in [7, 11) is 0. The minimum atomic E-state index is -0.456. The highest BCUT2D eigenvalue weighted by molar-refractivity contribution is 5.53. The van der Waals surface area contributed by atoms with E-state index in [1.165, 1.54) is 6.07 Å². The number of para-hydroxylation sites is 1. The Morgan fingerprint density at radius 3 is 2.21 bits per heavy atom. The van der Waals surface area contributed by atoms with Crippen molar-refractivity contribution in [2.45, 2.75) is 0 Å². The first-order chi connectivity index (χ1) is 9.20. The summed E-state index contributed by atoms with van der Waals surface area (Å²) in [5.41, 5.74) is 1.62. The number of hydrogen-bond donors (Lipinski definition) is 0. The second kappa shape index (κ2) is 5.48. The Morgan fingerprint density at radius 1 is 0.947 bits per heavy atom. The van der Waals surface area contributed by atoms with Crippen LogP contribution in [0.5, 0.6) is 0 Å². The summed E-state index contributed by atoms with van der Waals surface area (Å²) in [6.45, 7) is 0. The third-order valence-electron chi connectivity index (χ3n) is 2.46. The predicted octanol–water partition coefficient (Wildman–Crippen LogP) is 2.87. The van der Waals surface area contributed by atoms with Crippen LogP contribution in [0.15, 0.2) is 48.5 Å². The minimum Gasteiger partial charge on any atom is -0.258 e. The molecule has 2 aromatic carbocycles. The van der Waals surface area contributed by atoms with Crippen molar-refractivity contribution in [1.29, 1.82) is 5.26 Å². The van der Waals surface area contributed by atoms with Crippen LogP contribution in [0.2, 0.25) is 0 Å². The van der Waals surface area contributed by atoms with Gasteiger partial charge in [-0.15, -0.1) is 0 Å². The lowest BCUT2D eigenvalue weighted by Gasteiger charge is -1.94. The van der Waals surface area contributed by atoms with Crippen LogP contribution in [0.3, 0.4) is 0 Å². The molecule has 0 N–H and O–H groups in total. The predicted molar refractivity (Wildman–Crippen MR) is 70.2 cm³/mol. The number of nitro benzene ring substituents is 1. The second-order valence-corrected chi connectivity index (χ2v) is 3.71. The van der Waals surface area contributed by atoms with E-state index < -0.39 is 4.92 Å². The molecule has 0 unspecified atom stereocenters. The average molecular weight is 248 g/mol. The first-order valence-electron chi connectivity index (χ1n) is 5.46. The van der Waals surface area contributed by atoms with Crippen LogP contribution in [0.4, 0.5) is 5.69 Å². The Kier molecular flexibility index (Phi) is 3.56. The van der Waals surface area contributed by atoms with Crippen LogP contribution >= 0.6 is 0 Å². The fourth-order valence-corrected chi connectivity index (χ4v) is 1.51. The molecule has 0 saturated carbocycles. The quantitative estimate of drug-likeness (QED) is 0.442. The monoisotopic (exact) mass is 248 g/mol. The highest BCUT2D eigenvalue weighted by Gasteiger charge is 2.09. The van der Waals surface area contributed by atoms with E-state index in [1.54, 1.807) is 42.5 Å². The van der Waals surface area contributed by atoms with E-state index in [1.807, 2.05) is 6.07 Å². The lowest BCUT2D eigenvalue weighted by molar-refractivity contribution is -0.385. The van der Waals surface area contributed by atoms with E-state index in [2.05, 4.69) is 11.8 Å². The minimum absolute atomic E-state index is 0.0105. The van der Waals surface area contributed by atoms with Crippen molar-refractivity contribution < 1.29 is 4.92 Å². The van der Waals surface area contributed by atoms with Gasteiger partial charge in [0, 0.05) is 11.6 Å². The molecule has 0 aliphatic rings. The topological polar surface area (TPSA) is 66.9 Å². The third kappa shape index (κ3) is 2.96. The average Bonchev–Trinajstić information content (AvgIpc) is 2.46. The SMILES string of the molecule is N#Cc1ccc(C#Cc2ccccc2[N+](=O)[O-])cc1. The van der Waals surface area contributed by atoms with E-state index in [0.717, 1.165) is 0 Å². The standard InChI is InChI=1S/C15H8N2O2/c16-11-13-7-5-12(6-8-13)9-10-14-3-1-2-4-15(14)17(18)19/h1-8H. The Hall–Kier alpha value is -3.11. The summed E-state index contributed by atoms with van der Waals surface area (Å²) in [6, 6.07) is 15.1. The Balaban J connectivity index is 2.34. The molecule has 0 heterocycles. The molecule has 0 saturated heterocycles. The van der Waals surface area contributed by atoms with E-state index in [4.69, 9.17) is 5.26 Å². The van der Waals surface area contributed by atoms with Gasteiger partial charge in [-0.3, -0.25) is 10.1 Å². The van der Waals surface area contributed by atoms with Crippen molar-refractivity contribution in [3.05, 3.63) is 75.3 Å². The summed E-state index contributed by atoms with van der Waals surface area (Å²) < 4.78 is 0. The molecule has 4 nitrogen and oxygen atoms in total. The third-order valence-corrected chi connectivity index (χ3v) is 2.46. The number of nitrogens with zero attached hydrogens (tertiary/aromatic N) is 2. The first-order valence-corrected chi connectivity index (χ1v) is 5.46. The van der Waals surface area contributed by atoms with E-state index in [-0.39, 0.29) is 5.69 Å². The van der Waals surface area contributed by atoms with E-state index >= 15 is 0 Å². The normalized spacial score (nSPS) is 9.00. The van der Waals surface area contributed by atoms with Crippen LogP contribution in [0, 0.1) is 33.3 Å². The fraction of sp³-hybridized carbons (Fsp3) is 0. The van der Waals surface area contributed by atoms with Crippen molar-refractivity contribution >= 4 is 5.69 Å². The van der Waals surface area contributed by atoms with Gasteiger partial charge in [-0.05, 0) is 30.3 Å². The van der Waals surface area contributed by atoms with Gasteiger partial charge in [0.2, 0.25) is 0 Å². The molecule has 0 amide bonds. The Labute approximate surface area is 110 Å². The molecule has 0 spiro atoms. The van der Waals surface area contributed by atoms with Crippen LogP contribution in [0.25, 0.3) is 0 Å². The number of rotatable bonds is 1. The molecule has 0 aliphatic heterocycles. The van der Waals surface area contributed by atoms with Crippen LogP contribution in [-0.2, 0) is 0 Å². The van der Waals surface area contributed by atoms with Crippen molar-refractivity contribution in [3.63, 3.8) is 0 Å². The zero-order valence-electron chi connectivity index (χ0n) is 9.83. The van der Waals surface area contributed by atoms with Gasteiger partial charge in [-0.2, -0.15) is 5.26 Å². The molecule has 0 fully saturated rings. The Bertz CT molecular complexity index is 716. The molecular weight excluding hydrogens is 240 g/mol. The Morgan fingerprint density at radius 2 is 1.58 bits per heavy atom. The molecule has 2 rings (SSSR count). The number of nitriles is 1. The van der Waals surface area contributed by atoms with Gasteiger partial charge in [0.1, 0.15) is 5.56 Å². The van der Waals surface area contributed by atoms with Crippen molar-refractivity contribution in [1.82, 2.24) is 0 Å². The van der Waals surface area contributed by atoms with Crippen molar-refractivity contribution in [2.24, 2.45) is 0 Å². The first kappa shape index (κ1) is 12.3. The summed E-state index contributed by atoms with van der Waals surface area (Å²) >= 11 is 0. The maximum atomic E-state index is 10.8. The molecule has 19 heavy (non-hydrogen) atoms. The lowest BCUT2D eigenvalue weighted by atomic mass is 10.1. The molecule has 0 aliphatic carbocycles. The van der Waals surface area contributed by atoms with Crippen molar-refractivity contribution in [2.75, 3.05) is 0 Å². The molecule has 0 radical (unpaired) electrons. The smallest absolute Gasteiger partial charge is 0.258 e. The summed E-state index contributed by atoms with van der Waals surface area (Å²) in [5, 5.41) is 19.5. The molecule has 90 valence electrons. The molecular formula is C15H8N2O2. The lowest BCUT2D eigenvalue weighted by Crippen LogP contribution is -1.91. The summed E-state index contributed by atoms with van der Waals surface area (Å²) in [5.74, 6) is 5.62. The molecule has 4 heteroatoms. The van der Waals surface area contributed by atoms with Gasteiger partial charge in [0.05, 0.1) is 16.6 Å². The fourth-order valence-electron chi connectivity index (χ4n) is 1.51. The van der Waals surface area contributed by atoms with Gasteiger partial charge >= 0.3 is 0 Å². The molecule has 0 bridgehead atoms. The van der Waals surface area contributed by atoms with Crippen LogP contribution in [0.1, 0.15) is 16.7 Å². The van der Waals surface area contributed by atoms with Gasteiger partial charge < -0.3 is 0 Å². The molecule has 0 aromatic heterocycles. The number of hydrogen-bond acceptors (Lipinski definition) is 3. The van der Waals surface area contributed by atoms with E-state index in [9.17, 15) is 10.1 Å². The maximum Gasteiger partial charge on any atom is 0.284 e. The summed E-state index contributed by atoms with van der Waals surface area (Å²) in [6.07, 6.45) is 0. The van der Waals surface area contributed by atoms with Crippen LogP contribution < -0.4 is 0 Å². The number of benzene rings is 2. The highest BCUT2D eigenvalue weighted by atomic mass is 16.6. The van der Waals surface area contributed by atoms with Gasteiger partial charge in [0.25, 0.3) is 5.69 Å². The summed E-state index contributed by atoms with van der Waals surface area (Å²) in [4.78, 5) is 10.4. The zero-order chi connectivity index (χ0) is 13.7. The van der Waals surface area contributed by atoms with Crippen LogP contribution in [-0.4, -0.2) is 4.92 Å². The largest absolute Gasteiger partial charge is 0.284 e. The van der Waals surface area contributed by atoms with Crippen molar-refractivity contribution in [3.8, 4) is 17.9 Å². The zero-order valence-corrected chi connectivity index (χ0v) is 9.83. The molecule has 0 atom stereocenters. The van der Waals surface area contributed by atoms with Gasteiger partial charge in [0.15, 0.2) is 0 Å². The molecule has 2 aromatic rings. The second-order valence-electron chi connectivity index (χ2n) is 3.71. The van der Waals surface area contributed by atoms with E-state index in [0.29, 0.717) is 16.7 Å². The highest BCUT2D eigenvalue weighted by Crippen LogP contribution is 2.16.